The molecule has 0 aromatic heterocycles. The Hall–Kier alpha value is -3.80. The third-order valence-corrected chi connectivity index (χ3v) is 7.16. The van der Waals surface area contributed by atoms with Crippen molar-refractivity contribution in [3.63, 3.8) is 0 Å². The van der Waals surface area contributed by atoms with Crippen LogP contribution >= 0.6 is 0 Å². The normalized spacial score (nSPS) is 14.0. The van der Waals surface area contributed by atoms with Crippen LogP contribution in [0.1, 0.15) is 72.6 Å². The molecule has 1 atom stereocenters. The number of esters is 1. The molecule has 3 aromatic rings. The minimum absolute atomic E-state index is 0.128. The number of hydrogen-bond acceptors (Lipinski definition) is 5. The van der Waals surface area contributed by atoms with Crippen LogP contribution in [0.5, 0.6) is 11.5 Å². The van der Waals surface area contributed by atoms with E-state index >= 15 is 0 Å². The minimum Gasteiger partial charge on any atom is -0.506 e. The number of carbonyl (C=O) groups excluding carboxylic acids is 2. The number of ether oxygens (including phenoxy) is 2. The van der Waals surface area contributed by atoms with Gasteiger partial charge in [0.2, 0.25) is 0 Å². The van der Waals surface area contributed by atoms with Crippen molar-refractivity contribution in [3.05, 3.63) is 82.4 Å². The summed E-state index contributed by atoms with van der Waals surface area (Å²) >= 11 is 0. The van der Waals surface area contributed by atoms with Gasteiger partial charge in [-0.3, -0.25) is 4.79 Å². The predicted molar refractivity (Wildman–Crippen MR) is 149 cm³/mol. The predicted octanol–water partition coefficient (Wildman–Crippen LogP) is 6.24. The number of unbranched alkanes of at least 4 members (excludes halogenated alkanes) is 2. The van der Waals surface area contributed by atoms with Crippen LogP contribution in [0.15, 0.2) is 54.6 Å². The van der Waals surface area contributed by atoms with Gasteiger partial charge in [-0.05, 0) is 56.4 Å². The van der Waals surface area contributed by atoms with E-state index in [0.29, 0.717) is 23.3 Å². The largest absolute Gasteiger partial charge is 0.506 e. The first-order valence-electron chi connectivity index (χ1n) is 13.3. The third kappa shape index (κ3) is 5.54. The highest BCUT2D eigenvalue weighted by molar-refractivity contribution is 6.03. The number of aromatic hydroxyl groups is 1. The maximum atomic E-state index is 13.8. The SMILES string of the molecule is CCCCCc1cc2c(c(O)c1C(=O)N[C@@H](Cc1ccccc1)C(=O)OC)-c1cc(C)ccc1C(C)(C)O2. The minimum atomic E-state index is -0.904. The van der Waals surface area contributed by atoms with E-state index in [1.165, 1.54) is 7.11 Å². The number of phenolic OH excluding ortho intramolecular Hbond substituents is 1. The molecule has 2 N–H and O–H groups in total. The first-order valence-corrected chi connectivity index (χ1v) is 13.3. The van der Waals surface area contributed by atoms with Gasteiger partial charge in [-0.25, -0.2) is 4.79 Å². The Bertz CT molecular complexity index is 1330. The molecule has 4 rings (SSSR count). The lowest BCUT2D eigenvalue weighted by molar-refractivity contribution is -0.142. The Morgan fingerprint density at radius 1 is 1.08 bits per heavy atom. The quantitative estimate of drug-likeness (QED) is 0.260. The van der Waals surface area contributed by atoms with Crippen LogP contribution in [0, 0.1) is 6.92 Å². The van der Waals surface area contributed by atoms with Crippen molar-refractivity contribution < 1.29 is 24.2 Å². The molecule has 1 aliphatic heterocycles. The molecule has 0 saturated heterocycles. The summed E-state index contributed by atoms with van der Waals surface area (Å²) in [5.41, 5.74) is 4.49. The first-order chi connectivity index (χ1) is 18.2. The smallest absolute Gasteiger partial charge is 0.328 e. The van der Waals surface area contributed by atoms with E-state index < -0.39 is 23.5 Å². The Labute approximate surface area is 225 Å². The van der Waals surface area contributed by atoms with Crippen LogP contribution < -0.4 is 10.1 Å². The van der Waals surface area contributed by atoms with Gasteiger partial charge < -0.3 is 19.9 Å². The fourth-order valence-corrected chi connectivity index (χ4v) is 5.19. The van der Waals surface area contributed by atoms with Gasteiger partial charge >= 0.3 is 5.97 Å². The molecule has 200 valence electrons. The second-order valence-corrected chi connectivity index (χ2v) is 10.5. The molecule has 1 amide bonds. The lowest BCUT2D eigenvalue weighted by Gasteiger charge is -2.36. The monoisotopic (exact) mass is 515 g/mol. The Balaban J connectivity index is 1.80. The number of hydrogen-bond donors (Lipinski definition) is 2. The van der Waals surface area contributed by atoms with Gasteiger partial charge in [0.05, 0.1) is 18.2 Å². The van der Waals surface area contributed by atoms with E-state index in [2.05, 4.69) is 12.2 Å². The van der Waals surface area contributed by atoms with E-state index in [-0.39, 0.29) is 17.7 Å². The maximum absolute atomic E-state index is 13.8. The Morgan fingerprint density at radius 2 is 1.82 bits per heavy atom. The van der Waals surface area contributed by atoms with E-state index in [9.17, 15) is 14.7 Å². The second kappa shape index (κ2) is 11.3. The van der Waals surface area contributed by atoms with Gasteiger partial charge in [0.1, 0.15) is 23.1 Å². The van der Waals surface area contributed by atoms with Crippen molar-refractivity contribution in [2.24, 2.45) is 0 Å². The number of nitrogens with one attached hydrogen (secondary N) is 1. The highest BCUT2D eigenvalue weighted by Gasteiger charge is 2.37. The molecular formula is C32H37NO5. The van der Waals surface area contributed by atoms with Crippen LogP contribution in [0.25, 0.3) is 11.1 Å². The fourth-order valence-electron chi connectivity index (χ4n) is 5.19. The lowest BCUT2D eigenvalue weighted by Crippen LogP contribution is -2.43. The van der Waals surface area contributed by atoms with E-state index in [1.807, 2.05) is 75.4 Å². The molecule has 1 heterocycles. The van der Waals surface area contributed by atoms with E-state index in [0.717, 1.165) is 41.5 Å². The molecule has 0 unspecified atom stereocenters. The summed E-state index contributed by atoms with van der Waals surface area (Å²) in [4.78, 5) is 26.5. The van der Waals surface area contributed by atoms with E-state index in [1.54, 1.807) is 0 Å². The average molecular weight is 516 g/mol. The number of phenols is 1. The van der Waals surface area contributed by atoms with Gasteiger partial charge in [-0.15, -0.1) is 0 Å². The number of benzene rings is 3. The van der Waals surface area contributed by atoms with Crippen LogP contribution in [-0.2, 0) is 28.0 Å². The standard InChI is InChI=1S/C32H37NO5/c1-6-7-9-14-22-19-26-28(23-17-20(2)15-16-24(23)32(3,4)38-26)29(34)27(22)30(35)33-25(31(36)37-5)18-21-12-10-8-11-13-21/h8,10-13,15-17,19,25,34H,6-7,9,14,18H2,1-5H3,(H,33,35)/t25-/m0/s1. The molecule has 6 heteroatoms. The lowest BCUT2D eigenvalue weighted by atomic mass is 9.83. The number of aryl methyl sites for hydroxylation is 2. The van der Waals surface area contributed by atoms with E-state index in [4.69, 9.17) is 9.47 Å². The summed E-state index contributed by atoms with van der Waals surface area (Å²) in [7, 11) is 1.30. The topological polar surface area (TPSA) is 84.9 Å². The summed E-state index contributed by atoms with van der Waals surface area (Å²) in [5.74, 6) is -0.625. The molecule has 0 bridgehead atoms. The zero-order valence-electron chi connectivity index (χ0n) is 22.9. The third-order valence-electron chi connectivity index (χ3n) is 7.16. The van der Waals surface area contributed by atoms with Crippen LogP contribution in [-0.4, -0.2) is 30.1 Å². The zero-order valence-corrected chi connectivity index (χ0v) is 22.9. The number of rotatable bonds is 9. The Kier molecular flexibility index (Phi) is 8.10. The van der Waals surface area contributed by atoms with Crippen molar-refractivity contribution in [1.29, 1.82) is 0 Å². The van der Waals surface area contributed by atoms with Gasteiger partial charge in [0.25, 0.3) is 5.91 Å². The Morgan fingerprint density at radius 3 is 2.50 bits per heavy atom. The van der Waals surface area contributed by atoms with Crippen molar-refractivity contribution in [1.82, 2.24) is 5.32 Å². The maximum Gasteiger partial charge on any atom is 0.328 e. The summed E-state index contributed by atoms with van der Waals surface area (Å²) in [6.45, 7) is 8.12. The summed E-state index contributed by atoms with van der Waals surface area (Å²) < 4.78 is 11.4. The van der Waals surface area contributed by atoms with Gasteiger partial charge in [-0.2, -0.15) is 0 Å². The van der Waals surface area contributed by atoms with Gasteiger partial charge in [0.15, 0.2) is 0 Å². The van der Waals surface area contributed by atoms with Crippen LogP contribution in [0.4, 0.5) is 0 Å². The average Bonchev–Trinajstić information content (AvgIpc) is 2.87. The fraction of sp³-hybridized carbons (Fsp3) is 0.375. The number of methoxy groups -OCH3 is 1. The van der Waals surface area contributed by atoms with Gasteiger partial charge in [-0.1, -0.05) is 73.9 Å². The molecule has 1 aliphatic rings. The second-order valence-electron chi connectivity index (χ2n) is 10.5. The van der Waals surface area contributed by atoms with Crippen molar-refractivity contribution >= 4 is 11.9 Å². The molecule has 0 saturated carbocycles. The zero-order chi connectivity index (χ0) is 27.4. The summed E-state index contributed by atoms with van der Waals surface area (Å²) in [5, 5.41) is 14.5. The van der Waals surface area contributed by atoms with Gasteiger partial charge in [0, 0.05) is 12.0 Å². The van der Waals surface area contributed by atoms with Crippen molar-refractivity contribution in [3.8, 4) is 22.6 Å². The molecule has 6 nitrogen and oxygen atoms in total. The first kappa shape index (κ1) is 27.2. The molecular weight excluding hydrogens is 478 g/mol. The van der Waals surface area contributed by atoms with Crippen LogP contribution in [0.3, 0.4) is 0 Å². The molecule has 0 aliphatic carbocycles. The number of amides is 1. The molecule has 0 spiro atoms. The summed E-state index contributed by atoms with van der Waals surface area (Å²) in [6, 6.07) is 16.5. The van der Waals surface area contributed by atoms with Crippen molar-refractivity contribution in [2.75, 3.05) is 7.11 Å². The highest BCUT2D eigenvalue weighted by atomic mass is 16.5. The molecule has 38 heavy (non-hydrogen) atoms. The molecule has 3 aromatic carbocycles. The number of fused-ring (bicyclic) bond motifs is 3. The highest BCUT2D eigenvalue weighted by Crippen LogP contribution is 2.51. The summed E-state index contributed by atoms with van der Waals surface area (Å²) in [6.07, 6.45) is 3.75. The van der Waals surface area contributed by atoms with Crippen LogP contribution in [0.2, 0.25) is 0 Å². The molecule has 0 fully saturated rings. The number of carbonyl (C=O) groups is 2. The van der Waals surface area contributed by atoms with Crippen molar-refractivity contribution in [2.45, 2.75) is 71.4 Å². The molecule has 0 radical (unpaired) electrons.